The van der Waals surface area contributed by atoms with Crippen molar-refractivity contribution in [2.45, 2.75) is 63.3 Å². The van der Waals surface area contributed by atoms with Crippen molar-refractivity contribution < 1.29 is 22.7 Å². The summed E-state index contributed by atoms with van der Waals surface area (Å²) in [4.78, 5) is 21.6. The molecule has 0 saturated heterocycles. The van der Waals surface area contributed by atoms with Gasteiger partial charge in [0.2, 0.25) is 5.89 Å². The fourth-order valence-corrected chi connectivity index (χ4v) is 6.13. The molecule has 0 spiro atoms. The number of aryl methyl sites for hydroxylation is 1. The number of sulfone groups is 1. The number of hydrogen-bond acceptors (Lipinski definition) is 8. The lowest BCUT2D eigenvalue weighted by molar-refractivity contribution is 0.0793. The van der Waals surface area contributed by atoms with E-state index in [0.29, 0.717) is 41.1 Å². The summed E-state index contributed by atoms with van der Waals surface area (Å²) in [6.07, 6.45) is 8.81. The lowest BCUT2D eigenvalue weighted by Gasteiger charge is -2.27. The summed E-state index contributed by atoms with van der Waals surface area (Å²) >= 11 is 0. The maximum absolute atomic E-state index is 13.1. The zero-order valence-electron chi connectivity index (χ0n) is 21.8. The number of nitrogens with one attached hydrogen (secondary N) is 1. The van der Waals surface area contributed by atoms with Crippen LogP contribution in [-0.2, 0) is 15.4 Å². The van der Waals surface area contributed by atoms with Gasteiger partial charge in [0.25, 0.3) is 5.91 Å². The van der Waals surface area contributed by atoms with E-state index in [0.717, 1.165) is 23.9 Å². The molecule has 0 aliphatic heterocycles. The number of carbonyl (C=O) groups excluding carboxylic acids is 1. The Morgan fingerprint density at radius 1 is 1.18 bits per heavy atom. The summed E-state index contributed by atoms with van der Waals surface area (Å²) in [5.74, 6) is -0.159. The molecule has 0 atom stereocenters. The van der Waals surface area contributed by atoms with Crippen molar-refractivity contribution in [2.75, 3.05) is 11.6 Å². The largest absolute Gasteiger partial charge is 0.444 e. The van der Waals surface area contributed by atoms with Gasteiger partial charge in [-0.15, -0.1) is 0 Å². The van der Waals surface area contributed by atoms with Gasteiger partial charge in [-0.25, -0.2) is 13.4 Å². The topological polar surface area (TPSA) is 140 Å². The molecule has 38 heavy (non-hydrogen) atoms. The minimum absolute atomic E-state index is 0.0920. The van der Waals surface area contributed by atoms with E-state index in [1.165, 1.54) is 12.5 Å². The molecular weight excluding hydrogens is 506 g/mol. The Morgan fingerprint density at radius 2 is 1.92 bits per heavy atom. The van der Waals surface area contributed by atoms with Crippen molar-refractivity contribution in [3.05, 3.63) is 59.9 Å². The maximum Gasteiger partial charge on any atom is 0.277 e. The first-order chi connectivity index (χ1) is 17.9. The predicted molar refractivity (Wildman–Crippen MR) is 144 cm³/mol. The number of pyridine rings is 1. The van der Waals surface area contributed by atoms with Crippen molar-refractivity contribution in [3.63, 3.8) is 0 Å². The van der Waals surface area contributed by atoms with Crippen LogP contribution in [0, 0.1) is 6.92 Å². The van der Waals surface area contributed by atoms with Gasteiger partial charge in [0.1, 0.15) is 16.1 Å². The van der Waals surface area contributed by atoms with Crippen molar-refractivity contribution in [2.24, 2.45) is 0 Å². The fraction of sp³-hybridized carbons (Fsp3) is 0.407. The van der Waals surface area contributed by atoms with E-state index >= 15 is 0 Å². The van der Waals surface area contributed by atoms with E-state index in [-0.39, 0.29) is 17.0 Å². The first-order valence-corrected chi connectivity index (χ1v) is 14.5. The van der Waals surface area contributed by atoms with Gasteiger partial charge in [-0.3, -0.25) is 14.5 Å². The van der Waals surface area contributed by atoms with Gasteiger partial charge in [0, 0.05) is 46.5 Å². The van der Waals surface area contributed by atoms with Gasteiger partial charge in [0.15, 0.2) is 5.69 Å². The molecule has 1 aliphatic rings. The van der Waals surface area contributed by atoms with Crippen molar-refractivity contribution in [1.29, 1.82) is 0 Å². The highest BCUT2D eigenvalue weighted by Crippen LogP contribution is 2.35. The van der Waals surface area contributed by atoms with Crippen LogP contribution in [0.25, 0.3) is 22.4 Å². The summed E-state index contributed by atoms with van der Waals surface area (Å²) < 4.78 is 31.3. The van der Waals surface area contributed by atoms with Crippen LogP contribution < -0.4 is 5.32 Å². The SMILES string of the molecule is Cc1cc(-c2nc(C(=O)Nc3cc4cn(C5CCC(S(C)(=O)=O)CC5)nc4cc3C(C)(C)O)co2)ccn1. The van der Waals surface area contributed by atoms with Crippen LogP contribution in [0.2, 0.25) is 0 Å². The third kappa shape index (κ3) is 5.34. The molecule has 11 heteroatoms. The predicted octanol–water partition coefficient (Wildman–Crippen LogP) is 4.40. The molecule has 3 aromatic heterocycles. The number of amides is 1. The monoisotopic (exact) mass is 537 g/mol. The normalized spacial score (nSPS) is 18.6. The number of aliphatic hydroxyl groups is 1. The molecule has 1 aromatic carbocycles. The number of rotatable bonds is 6. The second-order valence-corrected chi connectivity index (χ2v) is 12.9. The molecule has 1 fully saturated rings. The number of nitrogens with zero attached hydrogens (tertiary/aromatic N) is 4. The van der Waals surface area contributed by atoms with Crippen LogP contribution in [0.3, 0.4) is 0 Å². The molecule has 1 saturated carbocycles. The van der Waals surface area contributed by atoms with Gasteiger partial charge in [-0.05, 0) is 70.7 Å². The Hall–Kier alpha value is -3.57. The van der Waals surface area contributed by atoms with Crippen molar-refractivity contribution in [1.82, 2.24) is 19.7 Å². The molecule has 3 heterocycles. The Bertz CT molecular complexity index is 1610. The summed E-state index contributed by atoms with van der Waals surface area (Å²) in [6, 6.07) is 7.23. The molecule has 200 valence electrons. The highest BCUT2D eigenvalue weighted by molar-refractivity contribution is 7.91. The molecule has 1 amide bonds. The number of aromatic nitrogens is 4. The summed E-state index contributed by atoms with van der Waals surface area (Å²) in [6.45, 7) is 5.15. The molecule has 0 bridgehead atoms. The zero-order chi connectivity index (χ0) is 27.2. The molecule has 10 nitrogen and oxygen atoms in total. The summed E-state index contributed by atoms with van der Waals surface area (Å²) in [5, 5.41) is 19.0. The number of carbonyl (C=O) groups is 1. The van der Waals surface area contributed by atoms with Crippen LogP contribution in [0.4, 0.5) is 5.69 Å². The lowest BCUT2D eigenvalue weighted by atomic mass is 9.95. The maximum atomic E-state index is 13.1. The average molecular weight is 538 g/mol. The van der Waals surface area contributed by atoms with Crippen LogP contribution >= 0.6 is 0 Å². The van der Waals surface area contributed by atoms with E-state index in [2.05, 4.69) is 15.3 Å². The van der Waals surface area contributed by atoms with Crippen LogP contribution in [-0.4, -0.2) is 50.7 Å². The molecule has 4 aromatic rings. The number of benzene rings is 1. The van der Waals surface area contributed by atoms with Crippen LogP contribution in [0.15, 0.2) is 47.3 Å². The Kier molecular flexibility index (Phi) is 6.60. The number of oxazole rings is 1. The van der Waals surface area contributed by atoms with Gasteiger partial charge >= 0.3 is 0 Å². The average Bonchev–Trinajstić information content (AvgIpc) is 3.50. The van der Waals surface area contributed by atoms with Crippen molar-refractivity contribution in [3.8, 4) is 11.5 Å². The molecule has 2 N–H and O–H groups in total. The Morgan fingerprint density at radius 3 is 2.58 bits per heavy atom. The first-order valence-electron chi connectivity index (χ1n) is 12.5. The van der Waals surface area contributed by atoms with Gasteiger partial charge in [-0.1, -0.05) is 0 Å². The second-order valence-electron chi connectivity index (χ2n) is 10.6. The fourth-order valence-electron chi connectivity index (χ4n) is 5.00. The number of anilines is 1. The van der Waals surface area contributed by atoms with Crippen molar-refractivity contribution >= 4 is 32.3 Å². The highest BCUT2D eigenvalue weighted by Gasteiger charge is 2.30. The third-order valence-electron chi connectivity index (χ3n) is 7.07. The standard InChI is InChI=1S/C27H31N5O5S/c1-16-11-17(9-10-28-16)26-30-24(15-37-26)25(33)29-23-12-18-14-32(31-22(18)13-21(23)27(2,3)34)19-5-7-20(8-6-19)38(4,35)36/h9-15,19-20,34H,5-8H2,1-4H3,(H,29,33). The van der Waals surface area contributed by atoms with E-state index in [1.54, 1.807) is 38.2 Å². The highest BCUT2D eigenvalue weighted by atomic mass is 32.2. The minimum atomic E-state index is -3.05. The van der Waals surface area contributed by atoms with Crippen LogP contribution in [0.1, 0.15) is 67.3 Å². The summed E-state index contributed by atoms with van der Waals surface area (Å²) in [5.41, 5.74) is 2.01. The summed E-state index contributed by atoms with van der Waals surface area (Å²) in [7, 11) is -3.05. The van der Waals surface area contributed by atoms with Crippen LogP contribution in [0.5, 0.6) is 0 Å². The lowest BCUT2D eigenvalue weighted by Crippen LogP contribution is -2.27. The molecule has 1 aliphatic carbocycles. The number of hydrogen-bond donors (Lipinski definition) is 2. The van der Waals surface area contributed by atoms with E-state index in [1.807, 2.05) is 23.9 Å². The van der Waals surface area contributed by atoms with E-state index in [4.69, 9.17) is 9.52 Å². The van der Waals surface area contributed by atoms with E-state index < -0.39 is 21.3 Å². The third-order valence-corrected chi connectivity index (χ3v) is 8.75. The molecule has 0 radical (unpaired) electrons. The Balaban J connectivity index is 1.41. The van der Waals surface area contributed by atoms with E-state index in [9.17, 15) is 18.3 Å². The van der Waals surface area contributed by atoms with Gasteiger partial charge in [0.05, 0.1) is 22.4 Å². The Labute approximate surface area is 221 Å². The molecule has 0 unspecified atom stereocenters. The minimum Gasteiger partial charge on any atom is -0.444 e. The second kappa shape index (κ2) is 9.63. The quantitative estimate of drug-likeness (QED) is 0.369. The molecular formula is C27H31N5O5S. The zero-order valence-corrected chi connectivity index (χ0v) is 22.6. The van der Waals surface area contributed by atoms with Gasteiger partial charge < -0.3 is 14.8 Å². The van der Waals surface area contributed by atoms with Gasteiger partial charge in [-0.2, -0.15) is 5.10 Å². The smallest absolute Gasteiger partial charge is 0.277 e. The first kappa shape index (κ1) is 26.1. The molecule has 5 rings (SSSR count). The number of fused-ring (bicyclic) bond motifs is 1.